The van der Waals surface area contributed by atoms with E-state index in [-0.39, 0.29) is 29.6 Å². The number of nitrogens with one attached hydrogen (secondary N) is 1. The summed E-state index contributed by atoms with van der Waals surface area (Å²) in [6.07, 6.45) is -0.619. The minimum absolute atomic E-state index is 0.160. The molecular weight excluding hydrogens is 377 g/mol. The Morgan fingerprint density at radius 2 is 2.07 bits per heavy atom. The van der Waals surface area contributed by atoms with E-state index >= 15 is 0 Å². The fourth-order valence-corrected chi connectivity index (χ4v) is 3.01. The summed E-state index contributed by atoms with van der Waals surface area (Å²) in [7, 11) is 1.61. The summed E-state index contributed by atoms with van der Waals surface area (Å²) in [4.78, 5) is 17.5. The first kappa shape index (κ1) is 19.5. The summed E-state index contributed by atoms with van der Waals surface area (Å²) in [6, 6.07) is 1.54. The molecule has 0 spiro atoms. The number of carbonyl (C=O) groups is 1. The van der Waals surface area contributed by atoms with E-state index in [9.17, 15) is 9.18 Å². The normalized spacial score (nSPS) is 16.0. The molecule has 0 radical (unpaired) electrons. The van der Waals surface area contributed by atoms with Crippen LogP contribution in [0.25, 0.3) is 11.3 Å². The number of pyridine rings is 1. The third-order valence-electron chi connectivity index (χ3n) is 3.90. The van der Waals surface area contributed by atoms with Crippen LogP contribution in [0.5, 0.6) is 0 Å². The van der Waals surface area contributed by atoms with Crippen molar-refractivity contribution in [3.63, 3.8) is 0 Å². The molecule has 3 rings (SSSR count). The molecule has 2 aromatic heterocycles. The van der Waals surface area contributed by atoms with E-state index in [0.717, 1.165) is 0 Å². The quantitative estimate of drug-likeness (QED) is 0.801. The van der Waals surface area contributed by atoms with E-state index in [1.165, 1.54) is 10.9 Å². The van der Waals surface area contributed by atoms with Crippen molar-refractivity contribution in [2.45, 2.75) is 38.8 Å². The van der Waals surface area contributed by atoms with Crippen LogP contribution in [0.4, 0.5) is 9.18 Å². The third-order valence-corrected chi connectivity index (χ3v) is 4.16. The molecule has 2 aromatic rings. The Labute approximate surface area is 161 Å². The molecule has 0 aliphatic carbocycles. The number of nitrogens with zero attached hydrogens (tertiary/aromatic N) is 4. The minimum atomic E-state index is -0.970. The van der Waals surface area contributed by atoms with Crippen LogP contribution in [0.2, 0.25) is 5.15 Å². The smallest absolute Gasteiger partial charge is 0.408 e. The van der Waals surface area contributed by atoms with Crippen molar-refractivity contribution >= 4 is 17.7 Å². The van der Waals surface area contributed by atoms with Gasteiger partial charge < -0.3 is 14.8 Å². The maximum atomic E-state index is 14.6. The number of carbonyl (C=O) groups excluding carboxylic acids is 1. The van der Waals surface area contributed by atoms with E-state index in [2.05, 4.69) is 20.5 Å². The molecule has 27 heavy (non-hydrogen) atoms. The molecule has 1 aliphatic heterocycles. The largest absolute Gasteiger partial charge is 0.444 e. The first-order valence-electron chi connectivity index (χ1n) is 8.34. The molecule has 146 valence electrons. The predicted molar refractivity (Wildman–Crippen MR) is 95.8 cm³/mol. The van der Waals surface area contributed by atoms with Crippen LogP contribution in [0.15, 0.2) is 6.07 Å². The zero-order valence-electron chi connectivity index (χ0n) is 15.8. The van der Waals surface area contributed by atoms with E-state index in [4.69, 9.17) is 21.1 Å². The average molecular weight is 398 g/mol. The van der Waals surface area contributed by atoms with Gasteiger partial charge in [0, 0.05) is 18.3 Å². The summed E-state index contributed by atoms with van der Waals surface area (Å²) in [6.45, 7) is 7.32. The lowest BCUT2D eigenvalue weighted by Crippen LogP contribution is -2.60. The van der Waals surface area contributed by atoms with Crippen molar-refractivity contribution in [1.82, 2.24) is 25.3 Å². The number of hydrogen-bond donors (Lipinski definition) is 1. The summed E-state index contributed by atoms with van der Waals surface area (Å²) < 4.78 is 25.3. The molecule has 1 aliphatic rings. The fourth-order valence-electron chi connectivity index (χ4n) is 2.78. The monoisotopic (exact) mass is 397 g/mol. The predicted octanol–water partition coefficient (Wildman–Crippen LogP) is 2.73. The molecule has 10 heteroatoms. The second kappa shape index (κ2) is 6.72. The second-order valence-electron chi connectivity index (χ2n) is 7.50. The summed E-state index contributed by atoms with van der Waals surface area (Å²) in [5, 5.41) is 11.2. The number of amides is 1. The van der Waals surface area contributed by atoms with Crippen molar-refractivity contribution < 1.29 is 18.7 Å². The lowest BCUT2D eigenvalue weighted by atomic mass is 9.90. The number of alkyl carbamates (subject to hydrolysis) is 1. The van der Waals surface area contributed by atoms with Crippen molar-refractivity contribution in [3.8, 4) is 11.3 Å². The summed E-state index contributed by atoms with van der Waals surface area (Å²) in [5.41, 5.74) is -0.297. The summed E-state index contributed by atoms with van der Waals surface area (Å²) >= 11 is 5.89. The van der Waals surface area contributed by atoms with E-state index in [1.54, 1.807) is 34.7 Å². The molecule has 1 amide bonds. The fraction of sp³-hybridized carbons (Fsp3) is 0.529. The SMILES string of the molecule is Cc1cc(-c2nn(C)nc2C2(NC(=O)OC(C)(C)C)COC2)c(F)c(Cl)n1. The number of rotatable bonds is 3. The van der Waals surface area contributed by atoms with Crippen molar-refractivity contribution in [3.05, 3.63) is 28.4 Å². The van der Waals surface area contributed by atoms with Gasteiger partial charge in [-0.2, -0.15) is 15.0 Å². The van der Waals surface area contributed by atoms with Gasteiger partial charge in [-0.1, -0.05) is 11.6 Å². The highest BCUT2D eigenvalue weighted by atomic mass is 35.5. The Kier molecular flexibility index (Phi) is 4.85. The Balaban J connectivity index is 2.03. The maximum Gasteiger partial charge on any atom is 0.408 e. The molecule has 0 saturated carbocycles. The molecule has 8 nitrogen and oxygen atoms in total. The van der Waals surface area contributed by atoms with Crippen molar-refractivity contribution in [1.29, 1.82) is 0 Å². The van der Waals surface area contributed by atoms with E-state index < -0.39 is 23.1 Å². The zero-order valence-corrected chi connectivity index (χ0v) is 16.5. The van der Waals surface area contributed by atoms with Gasteiger partial charge in [0.05, 0.1) is 13.2 Å². The van der Waals surface area contributed by atoms with Crippen molar-refractivity contribution in [2.75, 3.05) is 13.2 Å². The number of aryl methyl sites for hydroxylation is 2. The maximum absolute atomic E-state index is 14.6. The Hall–Kier alpha value is -2.26. The highest BCUT2D eigenvalue weighted by Crippen LogP contribution is 2.37. The van der Waals surface area contributed by atoms with Gasteiger partial charge in [-0.15, -0.1) is 0 Å². The number of ether oxygens (including phenoxy) is 2. The Morgan fingerprint density at radius 3 is 2.63 bits per heavy atom. The highest BCUT2D eigenvalue weighted by Gasteiger charge is 2.47. The van der Waals surface area contributed by atoms with Gasteiger partial charge in [-0.25, -0.2) is 14.2 Å². The van der Waals surface area contributed by atoms with Crippen LogP contribution in [0.3, 0.4) is 0 Å². The number of halogens is 2. The van der Waals surface area contributed by atoms with Gasteiger partial charge in [0.1, 0.15) is 22.5 Å². The van der Waals surface area contributed by atoms with Gasteiger partial charge in [0.25, 0.3) is 0 Å². The van der Waals surface area contributed by atoms with Crippen LogP contribution >= 0.6 is 11.6 Å². The van der Waals surface area contributed by atoms with Crippen LogP contribution in [-0.2, 0) is 22.1 Å². The van der Waals surface area contributed by atoms with Crippen LogP contribution < -0.4 is 5.32 Å². The van der Waals surface area contributed by atoms with Gasteiger partial charge in [0.2, 0.25) is 0 Å². The van der Waals surface area contributed by atoms with Crippen LogP contribution in [0.1, 0.15) is 32.2 Å². The zero-order chi connectivity index (χ0) is 20.0. The van der Waals surface area contributed by atoms with Crippen LogP contribution in [0, 0.1) is 12.7 Å². The third kappa shape index (κ3) is 3.89. The molecule has 1 saturated heterocycles. The lowest BCUT2D eigenvalue weighted by Gasteiger charge is -2.41. The molecule has 0 unspecified atom stereocenters. The Bertz CT molecular complexity index is 889. The highest BCUT2D eigenvalue weighted by molar-refractivity contribution is 6.29. The molecular formula is C17H21ClFN5O3. The van der Waals surface area contributed by atoms with Gasteiger partial charge in [-0.3, -0.25) is 0 Å². The van der Waals surface area contributed by atoms with E-state index in [1.807, 2.05) is 0 Å². The van der Waals surface area contributed by atoms with Crippen LogP contribution in [-0.4, -0.2) is 44.9 Å². The standard InChI is InChI=1S/C17H21ClFN5O3/c1-9-6-10(11(19)14(18)20-9)12-13(23-24(5)22-12)17(7-26-8-17)21-15(25)27-16(2,3)4/h6H,7-8H2,1-5H3,(H,21,25). The topological polar surface area (TPSA) is 91.2 Å². The van der Waals surface area contributed by atoms with Gasteiger partial charge >= 0.3 is 6.09 Å². The van der Waals surface area contributed by atoms with E-state index in [0.29, 0.717) is 11.4 Å². The molecule has 0 aromatic carbocycles. The number of aromatic nitrogens is 4. The first-order chi connectivity index (χ1) is 12.5. The molecule has 3 heterocycles. The molecule has 0 bridgehead atoms. The van der Waals surface area contributed by atoms with Crippen molar-refractivity contribution in [2.24, 2.45) is 7.05 Å². The lowest BCUT2D eigenvalue weighted by molar-refractivity contribution is -0.0817. The first-order valence-corrected chi connectivity index (χ1v) is 8.72. The van der Waals surface area contributed by atoms with Gasteiger partial charge in [-0.05, 0) is 33.8 Å². The molecule has 1 N–H and O–H groups in total. The summed E-state index contributed by atoms with van der Waals surface area (Å²) in [5.74, 6) is -0.698. The molecule has 1 fully saturated rings. The minimum Gasteiger partial charge on any atom is -0.444 e. The van der Waals surface area contributed by atoms with Gasteiger partial charge in [0.15, 0.2) is 11.0 Å². The Morgan fingerprint density at radius 1 is 1.41 bits per heavy atom. The molecule has 0 atom stereocenters. The second-order valence-corrected chi connectivity index (χ2v) is 7.86. The average Bonchev–Trinajstić information content (AvgIpc) is 2.86. The number of hydrogen-bond acceptors (Lipinski definition) is 6.